The number of hydrogen-bond donors (Lipinski definition) is 2. The third kappa shape index (κ3) is 3.59. The van der Waals surface area contributed by atoms with E-state index in [-0.39, 0.29) is 11.9 Å². The zero-order chi connectivity index (χ0) is 14.7. The van der Waals surface area contributed by atoms with Crippen LogP contribution < -0.4 is 10.2 Å². The van der Waals surface area contributed by atoms with Crippen LogP contribution in [0.25, 0.3) is 0 Å². The van der Waals surface area contributed by atoms with E-state index in [1.807, 2.05) is 35.2 Å². The molecule has 0 aliphatic carbocycles. The van der Waals surface area contributed by atoms with E-state index in [1.54, 1.807) is 11.8 Å². The number of anilines is 1. The minimum Gasteiger partial charge on any atom is -0.388 e. The van der Waals surface area contributed by atoms with Crippen LogP contribution in [0.4, 0.5) is 5.69 Å². The molecule has 2 unspecified atom stereocenters. The largest absolute Gasteiger partial charge is 0.388 e. The molecule has 2 aliphatic rings. The molecule has 114 valence electrons. The molecule has 2 atom stereocenters. The highest BCUT2D eigenvalue weighted by atomic mass is 32.2. The van der Waals surface area contributed by atoms with Crippen LogP contribution in [-0.2, 0) is 4.79 Å². The molecular formula is C16H22N2O2S. The third-order valence-electron chi connectivity index (χ3n) is 4.29. The van der Waals surface area contributed by atoms with Gasteiger partial charge in [-0.3, -0.25) is 4.79 Å². The maximum absolute atomic E-state index is 12.3. The Morgan fingerprint density at radius 1 is 1.38 bits per heavy atom. The zero-order valence-electron chi connectivity index (χ0n) is 12.1. The molecule has 1 aromatic carbocycles. The predicted molar refractivity (Wildman–Crippen MR) is 86.7 cm³/mol. The first-order chi connectivity index (χ1) is 10.2. The van der Waals surface area contributed by atoms with Crippen LogP contribution in [0.1, 0.15) is 19.3 Å². The van der Waals surface area contributed by atoms with E-state index in [0.717, 1.165) is 36.6 Å². The van der Waals surface area contributed by atoms with Crippen molar-refractivity contribution in [3.8, 4) is 0 Å². The van der Waals surface area contributed by atoms with Crippen molar-refractivity contribution < 1.29 is 9.90 Å². The molecule has 2 heterocycles. The van der Waals surface area contributed by atoms with Gasteiger partial charge in [0.15, 0.2) is 0 Å². The summed E-state index contributed by atoms with van der Waals surface area (Å²) < 4.78 is 0. The summed E-state index contributed by atoms with van der Waals surface area (Å²) >= 11 is 1.80. The number of piperidine rings is 1. The van der Waals surface area contributed by atoms with Crippen molar-refractivity contribution in [2.75, 3.05) is 29.5 Å². The van der Waals surface area contributed by atoms with Gasteiger partial charge in [0.2, 0.25) is 5.91 Å². The smallest absolute Gasteiger partial charge is 0.228 e. The summed E-state index contributed by atoms with van der Waals surface area (Å²) in [5.41, 5.74) is 0.399. The van der Waals surface area contributed by atoms with E-state index in [1.165, 1.54) is 0 Å². The lowest BCUT2D eigenvalue weighted by molar-refractivity contribution is -0.120. The van der Waals surface area contributed by atoms with Gasteiger partial charge in [0.05, 0.1) is 5.60 Å². The first kappa shape index (κ1) is 14.9. The Kier molecular flexibility index (Phi) is 4.52. The number of carbonyl (C=O) groups excluding carboxylic acids is 1. The van der Waals surface area contributed by atoms with E-state index in [4.69, 9.17) is 0 Å². The Balaban J connectivity index is 1.52. The molecule has 0 spiro atoms. The Hall–Kier alpha value is -1.04. The van der Waals surface area contributed by atoms with E-state index in [0.29, 0.717) is 13.0 Å². The van der Waals surface area contributed by atoms with Crippen molar-refractivity contribution in [3.63, 3.8) is 0 Å². The maximum atomic E-state index is 12.3. The highest BCUT2D eigenvalue weighted by Crippen LogP contribution is 2.28. The molecule has 0 radical (unpaired) electrons. The molecule has 2 N–H and O–H groups in total. The van der Waals surface area contributed by atoms with Crippen LogP contribution >= 0.6 is 11.8 Å². The minimum atomic E-state index is -0.579. The molecule has 2 fully saturated rings. The second-order valence-electron chi connectivity index (χ2n) is 5.98. The quantitative estimate of drug-likeness (QED) is 0.888. The molecule has 2 aliphatic heterocycles. The summed E-state index contributed by atoms with van der Waals surface area (Å²) in [6, 6.07) is 10.0. The van der Waals surface area contributed by atoms with Crippen LogP contribution in [0, 0.1) is 0 Å². The van der Waals surface area contributed by atoms with Gasteiger partial charge in [-0.25, -0.2) is 0 Å². The summed E-state index contributed by atoms with van der Waals surface area (Å²) in [6.07, 6.45) is 2.30. The lowest BCUT2D eigenvalue weighted by atomic mass is 10.00. The lowest BCUT2D eigenvalue weighted by Crippen LogP contribution is -2.50. The number of para-hydroxylation sites is 1. The zero-order valence-corrected chi connectivity index (χ0v) is 12.9. The van der Waals surface area contributed by atoms with Gasteiger partial charge in [-0.15, -0.1) is 0 Å². The first-order valence-electron chi connectivity index (χ1n) is 7.55. The third-order valence-corrected chi connectivity index (χ3v) is 5.53. The molecule has 5 heteroatoms. The van der Waals surface area contributed by atoms with Gasteiger partial charge in [0.1, 0.15) is 0 Å². The van der Waals surface area contributed by atoms with E-state index >= 15 is 0 Å². The Bertz CT molecular complexity index is 488. The number of nitrogens with one attached hydrogen (secondary N) is 1. The number of rotatable bonds is 4. The number of amides is 1. The van der Waals surface area contributed by atoms with Crippen molar-refractivity contribution in [3.05, 3.63) is 30.3 Å². The molecule has 1 aromatic rings. The number of nitrogens with zero attached hydrogens (tertiary/aromatic N) is 1. The number of benzene rings is 1. The fourth-order valence-electron chi connectivity index (χ4n) is 2.96. The van der Waals surface area contributed by atoms with Crippen LogP contribution in [0.2, 0.25) is 0 Å². The van der Waals surface area contributed by atoms with Crippen LogP contribution in [0.15, 0.2) is 30.3 Å². The molecule has 2 saturated heterocycles. The van der Waals surface area contributed by atoms with Gasteiger partial charge in [0.25, 0.3) is 0 Å². The van der Waals surface area contributed by atoms with E-state index in [2.05, 4.69) is 5.32 Å². The maximum Gasteiger partial charge on any atom is 0.228 e. The van der Waals surface area contributed by atoms with Crippen LogP contribution in [-0.4, -0.2) is 47.3 Å². The van der Waals surface area contributed by atoms with Gasteiger partial charge in [0, 0.05) is 37.0 Å². The van der Waals surface area contributed by atoms with Gasteiger partial charge in [-0.1, -0.05) is 18.2 Å². The van der Waals surface area contributed by atoms with Crippen molar-refractivity contribution in [2.45, 2.75) is 30.9 Å². The second-order valence-corrected chi connectivity index (χ2v) is 7.08. The number of carbonyl (C=O) groups is 1. The Morgan fingerprint density at radius 3 is 2.86 bits per heavy atom. The number of thioether (sulfide) groups is 1. The summed E-state index contributed by atoms with van der Waals surface area (Å²) in [5, 5.41) is 13.7. The van der Waals surface area contributed by atoms with Gasteiger partial charge in [-0.2, -0.15) is 11.8 Å². The van der Waals surface area contributed by atoms with Crippen molar-refractivity contribution in [2.24, 2.45) is 0 Å². The summed E-state index contributed by atoms with van der Waals surface area (Å²) in [6.45, 7) is 1.34. The minimum absolute atomic E-state index is 0.165. The highest BCUT2D eigenvalue weighted by Gasteiger charge is 2.33. The van der Waals surface area contributed by atoms with Crippen LogP contribution in [0.3, 0.4) is 0 Å². The standard InChI is InChI=1S/C16H22N2O2S/c19-15-10-13(17-11-16(20)7-9-21-12-16)6-8-18(15)14-4-2-1-3-5-14/h1-5,13,17,20H,6-12H2. The van der Waals surface area contributed by atoms with Gasteiger partial charge < -0.3 is 15.3 Å². The molecule has 0 aromatic heterocycles. The number of aliphatic hydroxyl groups is 1. The normalized spacial score (nSPS) is 29.9. The average molecular weight is 306 g/mol. The first-order valence-corrected chi connectivity index (χ1v) is 8.71. The summed E-state index contributed by atoms with van der Waals surface area (Å²) in [5.74, 6) is 2.00. The lowest BCUT2D eigenvalue weighted by Gasteiger charge is -2.34. The average Bonchev–Trinajstić information content (AvgIpc) is 2.93. The molecular weight excluding hydrogens is 284 g/mol. The van der Waals surface area contributed by atoms with Crippen LogP contribution in [0.5, 0.6) is 0 Å². The van der Waals surface area contributed by atoms with Gasteiger partial charge >= 0.3 is 0 Å². The fourth-order valence-corrected chi connectivity index (χ4v) is 4.25. The molecule has 3 rings (SSSR count). The van der Waals surface area contributed by atoms with E-state index < -0.39 is 5.60 Å². The van der Waals surface area contributed by atoms with Crippen molar-refractivity contribution >= 4 is 23.4 Å². The molecule has 1 amide bonds. The Labute approximate surface area is 129 Å². The number of hydrogen-bond acceptors (Lipinski definition) is 4. The monoisotopic (exact) mass is 306 g/mol. The molecule has 0 bridgehead atoms. The molecule has 0 saturated carbocycles. The summed E-state index contributed by atoms with van der Waals surface area (Å²) in [4.78, 5) is 14.2. The molecule has 21 heavy (non-hydrogen) atoms. The van der Waals surface area contributed by atoms with E-state index in [9.17, 15) is 9.90 Å². The second kappa shape index (κ2) is 6.38. The van der Waals surface area contributed by atoms with Crippen molar-refractivity contribution in [1.82, 2.24) is 5.32 Å². The Morgan fingerprint density at radius 2 is 2.19 bits per heavy atom. The highest BCUT2D eigenvalue weighted by molar-refractivity contribution is 7.99. The topological polar surface area (TPSA) is 52.6 Å². The van der Waals surface area contributed by atoms with Gasteiger partial charge in [-0.05, 0) is 30.7 Å². The summed E-state index contributed by atoms with van der Waals surface area (Å²) in [7, 11) is 0. The SMILES string of the molecule is O=C1CC(NCC2(O)CCSC2)CCN1c1ccccc1. The van der Waals surface area contributed by atoms with Crippen molar-refractivity contribution in [1.29, 1.82) is 0 Å². The fraction of sp³-hybridized carbons (Fsp3) is 0.562. The predicted octanol–water partition coefficient (Wildman–Crippen LogP) is 1.64. The molecule has 4 nitrogen and oxygen atoms in total.